The summed E-state index contributed by atoms with van der Waals surface area (Å²) in [5, 5.41) is 6.24. The summed E-state index contributed by atoms with van der Waals surface area (Å²) in [5.41, 5.74) is 1.22. The monoisotopic (exact) mass is 235 g/mol. The highest BCUT2D eigenvalue weighted by atomic mass is 16.2. The van der Waals surface area contributed by atoms with E-state index in [1.165, 1.54) is 5.56 Å². The highest BCUT2D eigenvalue weighted by molar-refractivity contribution is 5.81. The van der Waals surface area contributed by atoms with Crippen LogP contribution in [0.1, 0.15) is 32.3 Å². The van der Waals surface area contributed by atoms with Gasteiger partial charge in [0.2, 0.25) is 5.91 Å². The lowest BCUT2D eigenvalue weighted by Crippen LogP contribution is -2.42. The second-order valence-electron chi connectivity index (χ2n) is 4.74. The van der Waals surface area contributed by atoms with Gasteiger partial charge in [-0.05, 0) is 38.3 Å². The molecular formula is C13H21N3O. The van der Waals surface area contributed by atoms with Crippen LogP contribution >= 0.6 is 0 Å². The third-order valence-electron chi connectivity index (χ3n) is 3.11. The van der Waals surface area contributed by atoms with Crippen molar-refractivity contribution in [2.75, 3.05) is 0 Å². The molecular weight excluding hydrogens is 214 g/mol. The number of carbonyl (C=O) groups excluding carboxylic acids is 1. The third-order valence-corrected chi connectivity index (χ3v) is 3.11. The van der Waals surface area contributed by atoms with Gasteiger partial charge < -0.3 is 15.2 Å². The van der Waals surface area contributed by atoms with Crippen LogP contribution in [0.15, 0.2) is 18.5 Å². The maximum Gasteiger partial charge on any atom is 0.237 e. The van der Waals surface area contributed by atoms with Crippen LogP contribution < -0.4 is 10.6 Å². The highest BCUT2D eigenvalue weighted by Crippen LogP contribution is 2.18. The Labute approximate surface area is 102 Å². The number of amides is 1. The number of aryl methyl sites for hydroxylation is 1. The van der Waals surface area contributed by atoms with Gasteiger partial charge in [-0.3, -0.25) is 4.79 Å². The van der Waals surface area contributed by atoms with Crippen LogP contribution in [-0.4, -0.2) is 22.6 Å². The summed E-state index contributed by atoms with van der Waals surface area (Å²) in [6, 6.07) is 2.40. The molecule has 4 nitrogen and oxygen atoms in total. The van der Waals surface area contributed by atoms with Crippen LogP contribution in [-0.2, 0) is 17.9 Å². The van der Waals surface area contributed by atoms with E-state index in [0.29, 0.717) is 6.04 Å². The minimum absolute atomic E-state index is 0.113. The summed E-state index contributed by atoms with van der Waals surface area (Å²) < 4.78 is 2.13. The predicted octanol–water partition coefficient (Wildman–Crippen LogP) is 1.26. The van der Waals surface area contributed by atoms with Gasteiger partial charge in [-0.15, -0.1) is 0 Å². The Morgan fingerprint density at radius 2 is 2.35 bits per heavy atom. The van der Waals surface area contributed by atoms with E-state index < -0.39 is 0 Å². The molecule has 0 radical (unpaired) electrons. The van der Waals surface area contributed by atoms with Crippen LogP contribution in [0.2, 0.25) is 0 Å². The molecule has 94 valence electrons. The maximum absolute atomic E-state index is 11.7. The van der Waals surface area contributed by atoms with Gasteiger partial charge in [0, 0.05) is 31.5 Å². The summed E-state index contributed by atoms with van der Waals surface area (Å²) in [6.45, 7) is 5.75. The summed E-state index contributed by atoms with van der Waals surface area (Å²) in [4.78, 5) is 11.7. The Morgan fingerprint density at radius 3 is 2.94 bits per heavy atom. The second-order valence-corrected chi connectivity index (χ2v) is 4.74. The van der Waals surface area contributed by atoms with E-state index in [1.54, 1.807) is 0 Å². The molecule has 0 saturated heterocycles. The van der Waals surface area contributed by atoms with Gasteiger partial charge in [0.05, 0.1) is 6.04 Å². The molecule has 1 heterocycles. The van der Waals surface area contributed by atoms with Crippen LogP contribution in [0.25, 0.3) is 0 Å². The van der Waals surface area contributed by atoms with Crippen molar-refractivity contribution in [3.05, 3.63) is 24.0 Å². The largest absolute Gasteiger partial charge is 0.354 e. The quantitative estimate of drug-likeness (QED) is 0.780. The molecule has 0 bridgehead atoms. The van der Waals surface area contributed by atoms with Gasteiger partial charge in [0.15, 0.2) is 0 Å². The van der Waals surface area contributed by atoms with Crippen molar-refractivity contribution in [2.45, 2.75) is 51.9 Å². The number of aromatic nitrogens is 1. The topological polar surface area (TPSA) is 46.1 Å². The van der Waals surface area contributed by atoms with Gasteiger partial charge in [-0.2, -0.15) is 0 Å². The highest BCUT2D eigenvalue weighted by Gasteiger charge is 2.25. The molecule has 4 heteroatoms. The molecule has 0 spiro atoms. The van der Waals surface area contributed by atoms with Crippen LogP contribution in [0.5, 0.6) is 0 Å². The smallest absolute Gasteiger partial charge is 0.237 e. The Morgan fingerprint density at radius 1 is 1.59 bits per heavy atom. The van der Waals surface area contributed by atoms with Gasteiger partial charge in [-0.1, -0.05) is 0 Å². The maximum atomic E-state index is 11.7. The first-order chi connectivity index (χ1) is 8.19. The van der Waals surface area contributed by atoms with Crippen molar-refractivity contribution in [1.82, 2.24) is 15.2 Å². The normalized spacial score (nSPS) is 16.8. The Balaban J connectivity index is 1.74. The number of hydrogen-bond acceptors (Lipinski definition) is 2. The van der Waals surface area contributed by atoms with Crippen molar-refractivity contribution in [2.24, 2.45) is 0 Å². The SMILES string of the molecule is CCn1ccc(CNC(C)C(=O)NC2CC2)c1. The Kier molecular flexibility index (Phi) is 3.84. The first-order valence-corrected chi connectivity index (χ1v) is 6.37. The molecule has 2 N–H and O–H groups in total. The molecule has 17 heavy (non-hydrogen) atoms. The van der Waals surface area contributed by atoms with Crippen LogP contribution in [0.3, 0.4) is 0 Å². The zero-order valence-corrected chi connectivity index (χ0v) is 10.6. The molecule has 1 atom stereocenters. The van der Waals surface area contributed by atoms with Gasteiger partial charge in [0.25, 0.3) is 0 Å². The number of nitrogens with zero attached hydrogens (tertiary/aromatic N) is 1. The molecule has 1 unspecified atom stereocenters. The lowest BCUT2D eigenvalue weighted by atomic mass is 10.2. The van der Waals surface area contributed by atoms with Gasteiger partial charge in [0.1, 0.15) is 0 Å². The molecule has 1 aliphatic rings. The number of carbonyl (C=O) groups is 1. The second kappa shape index (κ2) is 5.36. The molecule has 0 aliphatic heterocycles. The molecule has 2 rings (SSSR count). The van der Waals surface area contributed by atoms with Crippen molar-refractivity contribution in [3.8, 4) is 0 Å². The third kappa shape index (κ3) is 3.60. The van der Waals surface area contributed by atoms with Crippen molar-refractivity contribution in [1.29, 1.82) is 0 Å². The summed E-state index contributed by atoms with van der Waals surface area (Å²) in [5.74, 6) is 0.113. The van der Waals surface area contributed by atoms with Crippen LogP contribution in [0, 0.1) is 0 Å². The van der Waals surface area contributed by atoms with E-state index in [4.69, 9.17) is 0 Å². The first kappa shape index (κ1) is 12.2. The lowest BCUT2D eigenvalue weighted by molar-refractivity contribution is -0.122. The average molecular weight is 235 g/mol. The summed E-state index contributed by atoms with van der Waals surface area (Å²) >= 11 is 0. The van der Waals surface area contributed by atoms with Crippen LogP contribution in [0.4, 0.5) is 0 Å². The van der Waals surface area contributed by atoms with E-state index in [9.17, 15) is 4.79 Å². The van der Waals surface area contributed by atoms with E-state index in [0.717, 1.165) is 25.9 Å². The Hall–Kier alpha value is -1.29. The van der Waals surface area contributed by atoms with Gasteiger partial charge >= 0.3 is 0 Å². The first-order valence-electron chi connectivity index (χ1n) is 6.37. The van der Waals surface area contributed by atoms with Crippen molar-refractivity contribution < 1.29 is 4.79 Å². The minimum atomic E-state index is -0.124. The summed E-state index contributed by atoms with van der Waals surface area (Å²) in [7, 11) is 0. The van der Waals surface area contributed by atoms with Gasteiger partial charge in [-0.25, -0.2) is 0 Å². The molecule has 1 aromatic rings. The number of rotatable bonds is 6. The van der Waals surface area contributed by atoms with E-state index in [-0.39, 0.29) is 11.9 Å². The average Bonchev–Trinajstić information content (AvgIpc) is 3.02. The minimum Gasteiger partial charge on any atom is -0.354 e. The fraction of sp³-hybridized carbons (Fsp3) is 0.615. The fourth-order valence-corrected chi connectivity index (χ4v) is 1.71. The van der Waals surface area contributed by atoms with Crippen molar-refractivity contribution in [3.63, 3.8) is 0 Å². The standard InChI is InChI=1S/C13H21N3O/c1-3-16-7-6-11(9-16)8-14-10(2)13(17)15-12-4-5-12/h6-7,9-10,12,14H,3-5,8H2,1-2H3,(H,15,17). The molecule has 0 aromatic carbocycles. The van der Waals surface area contributed by atoms with Crippen molar-refractivity contribution >= 4 is 5.91 Å². The summed E-state index contributed by atoms with van der Waals surface area (Å²) in [6.07, 6.45) is 6.44. The lowest BCUT2D eigenvalue weighted by Gasteiger charge is -2.13. The number of nitrogens with one attached hydrogen (secondary N) is 2. The van der Waals surface area contributed by atoms with E-state index >= 15 is 0 Å². The fourth-order valence-electron chi connectivity index (χ4n) is 1.71. The zero-order chi connectivity index (χ0) is 12.3. The molecule has 1 fully saturated rings. The van der Waals surface area contributed by atoms with E-state index in [1.807, 2.05) is 6.92 Å². The predicted molar refractivity (Wildman–Crippen MR) is 67.6 cm³/mol. The number of hydrogen-bond donors (Lipinski definition) is 2. The molecule has 1 saturated carbocycles. The molecule has 1 aliphatic carbocycles. The molecule has 1 aromatic heterocycles. The molecule has 1 amide bonds. The zero-order valence-electron chi connectivity index (χ0n) is 10.6. The van der Waals surface area contributed by atoms with E-state index in [2.05, 4.69) is 40.6 Å². The Bertz CT molecular complexity index is 382.